The van der Waals surface area contributed by atoms with Gasteiger partial charge in [0.15, 0.2) is 0 Å². The SMILES string of the molecule is CCCNC(=O)NN1C=NC(C2CCC(=NOC3CCN(c4ncc(C)cn4)CC3)CC2)=CC1. The second kappa shape index (κ2) is 11.8. The van der Waals surface area contributed by atoms with Gasteiger partial charge in [-0.3, -0.25) is 5.01 Å². The number of hydrazine groups is 1. The van der Waals surface area contributed by atoms with Crippen LogP contribution in [0.15, 0.2) is 34.3 Å². The number of hydrogen-bond donors (Lipinski definition) is 2. The molecule has 3 heterocycles. The summed E-state index contributed by atoms with van der Waals surface area (Å²) in [5.74, 6) is 1.23. The van der Waals surface area contributed by atoms with E-state index in [0.717, 1.165) is 81.0 Å². The molecule has 2 amide bonds. The van der Waals surface area contributed by atoms with Crippen molar-refractivity contribution in [3.63, 3.8) is 0 Å². The van der Waals surface area contributed by atoms with Gasteiger partial charge >= 0.3 is 6.03 Å². The fourth-order valence-corrected chi connectivity index (χ4v) is 4.38. The highest BCUT2D eigenvalue weighted by Crippen LogP contribution is 2.30. The molecule has 0 bridgehead atoms. The molecule has 1 saturated heterocycles. The van der Waals surface area contributed by atoms with Gasteiger partial charge in [0.2, 0.25) is 5.95 Å². The molecule has 2 fully saturated rings. The molecule has 2 aliphatic heterocycles. The van der Waals surface area contributed by atoms with Crippen LogP contribution in [0.3, 0.4) is 0 Å². The van der Waals surface area contributed by atoms with E-state index in [-0.39, 0.29) is 12.1 Å². The fraction of sp³-hybridized carbons (Fsp3) is 0.625. The van der Waals surface area contributed by atoms with Crippen LogP contribution in [-0.2, 0) is 4.84 Å². The lowest BCUT2D eigenvalue weighted by molar-refractivity contribution is 0.0406. The van der Waals surface area contributed by atoms with E-state index in [4.69, 9.17) is 4.84 Å². The average Bonchev–Trinajstić information content (AvgIpc) is 2.88. The lowest BCUT2D eigenvalue weighted by Crippen LogP contribution is -2.47. The quantitative estimate of drug-likeness (QED) is 0.595. The van der Waals surface area contributed by atoms with Crippen molar-refractivity contribution < 1.29 is 9.63 Å². The zero-order valence-electron chi connectivity index (χ0n) is 20.2. The predicted octanol–water partition coefficient (Wildman–Crippen LogP) is 3.17. The predicted molar refractivity (Wildman–Crippen MR) is 133 cm³/mol. The molecular weight excluding hydrogens is 432 g/mol. The van der Waals surface area contributed by atoms with Crippen molar-refractivity contribution in [1.82, 2.24) is 25.7 Å². The van der Waals surface area contributed by atoms with E-state index >= 15 is 0 Å². The Kier molecular flexibility index (Phi) is 8.32. The Morgan fingerprint density at radius 3 is 2.56 bits per heavy atom. The molecule has 4 rings (SSSR count). The van der Waals surface area contributed by atoms with Crippen LogP contribution in [0, 0.1) is 12.8 Å². The number of carbonyl (C=O) groups excluding carboxylic acids is 1. The number of nitrogens with one attached hydrogen (secondary N) is 2. The van der Waals surface area contributed by atoms with Crippen LogP contribution in [0.1, 0.15) is 57.4 Å². The maximum absolute atomic E-state index is 11.8. The number of urea groups is 1. The van der Waals surface area contributed by atoms with E-state index in [2.05, 4.69) is 41.8 Å². The number of aliphatic imine (C=N–C) groups is 1. The summed E-state index contributed by atoms with van der Waals surface area (Å²) in [6.07, 6.45) is 14.4. The number of aryl methyl sites for hydroxylation is 1. The summed E-state index contributed by atoms with van der Waals surface area (Å²) in [6, 6.07) is -0.196. The largest absolute Gasteiger partial charge is 0.392 e. The van der Waals surface area contributed by atoms with Gasteiger partial charge < -0.3 is 15.1 Å². The third-order valence-corrected chi connectivity index (χ3v) is 6.43. The smallest absolute Gasteiger partial charge is 0.333 e. The number of rotatable bonds is 7. The van der Waals surface area contributed by atoms with E-state index in [1.807, 2.05) is 26.2 Å². The summed E-state index contributed by atoms with van der Waals surface area (Å²) in [5.41, 5.74) is 6.12. The molecule has 0 atom stereocenters. The Morgan fingerprint density at radius 2 is 1.91 bits per heavy atom. The van der Waals surface area contributed by atoms with Crippen LogP contribution in [0.2, 0.25) is 0 Å². The van der Waals surface area contributed by atoms with Gasteiger partial charge in [-0.2, -0.15) is 0 Å². The molecule has 1 aromatic rings. The lowest BCUT2D eigenvalue weighted by atomic mass is 9.85. The van der Waals surface area contributed by atoms with Gasteiger partial charge in [0, 0.05) is 56.5 Å². The van der Waals surface area contributed by atoms with E-state index in [0.29, 0.717) is 19.0 Å². The molecule has 10 heteroatoms. The first-order chi connectivity index (χ1) is 16.6. The zero-order valence-corrected chi connectivity index (χ0v) is 20.2. The van der Waals surface area contributed by atoms with Gasteiger partial charge in [-0.05, 0) is 50.7 Å². The highest BCUT2D eigenvalue weighted by atomic mass is 16.6. The number of nitrogens with zero attached hydrogens (tertiary/aromatic N) is 6. The number of aromatic nitrogens is 2. The minimum Gasteiger partial charge on any atom is -0.392 e. The number of allylic oxidation sites excluding steroid dienone is 1. The third kappa shape index (κ3) is 6.68. The summed E-state index contributed by atoms with van der Waals surface area (Å²) in [4.78, 5) is 33.3. The van der Waals surface area contributed by atoms with Crippen molar-refractivity contribution >= 4 is 24.0 Å². The van der Waals surface area contributed by atoms with Crippen LogP contribution in [0.4, 0.5) is 10.7 Å². The Bertz CT molecular complexity index is 896. The van der Waals surface area contributed by atoms with Crippen molar-refractivity contribution in [2.75, 3.05) is 31.1 Å². The maximum Gasteiger partial charge on any atom is 0.333 e. The topological polar surface area (TPSA) is 107 Å². The summed E-state index contributed by atoms with van der Waals surface area (Å²) >= 11 is 0. The van der Waals surface area contributed by atoms with E-state index < -0.39 is 0 Å². The number of hydrogen-bond acceptors (Lipinski definition) is 8. The third-order valence-electron chi connectivity index (χ3n) is 6.43. The lowest BCUT2D eigenvalue weighted by Gasteiger charge is -2.31. The molecule has 0 unspecified atom stereocenters. The van der Waals surface area contributed by atoms with Crippen LogP contribution >= 0.6 is 0 Å². The van der Waals surface area contributed by atoms with Gasteiger partial charge in [-0.1, -0.05) is 12.1 Å². The second-order valence-electron chi connectivity index (χ2n) is 9.18. The van der Waals surface area contributed by atoms with Crippen molar-refractivity contribution in [1.29, 1.82) is 0 Å². The maximum atomic E-state index is 11.8. The monoisotopic (exact) mass is 468 g/mol. The molecule has 0 aromatic carbocycles. The first-order valence-electron chi connectivity index (χ1n) is 12.4. The number of carbonyl (C=O) groups is 1. The van der Waals surface area contributed by atoms with Gasteiger partial charge in [0.25, 0.3) is 0 Å². The Labute approximate surface area is 201 Å². The van der Waals surface area contributed by atoms with Crippen LogP contribution in [0.5, 0.6) is 0 Å². The molecule has 0 spiro atoms. The standard InChI is InChI=1S/C24H36N8O2/c1-3-11-25-24(33)29-32-14-10-22(28-17-32)19-4-6-20(7-5-19)30-34-21-8-12-31(13-9-21)23-26-15-18(2)16-27-23/h10,15-17,19,21H,3-9,11-14H2,1-2H3,(H2,25,29,33). The summed E-state index contributed by atoms with van der Waals surface area (Å²) in [5, 5.41) is 9.01. The van der Waals surface area contributed by atoms with Crippen molar-refractivity contribution in [3.8, 4) is 0 Å². The molecular formula is C24H36N8O2. The van der Waals surface area contributed by atoms with Crippen molar-refractivity contribution in [2.45, 2.75) is 64.9 Å². The molecule has 1 aliphatic carbocycles. The number of anilines is 1. The average molecular weight is 469 g/mol. The number of oxime groups is 1. The minimum atomic E-state index is -0.196. The van der Waals surface area contributed by atoms with E-state index in [1.54, 1.807) is 11.3 Å². The second-order valence-corrected chi connectivity index (χ2v) is 9.18. The number of amides is 2. The summed E-state index contributed by atoms with van der Waals surface area (Å²) < 4.78 is 0. The van der Waals surface area contributed by atoms with Gasteiger partial charge in [-0.15, -0.1) is 0 Å². The van der Waals surface area contributed by atoms with E-state index in [9.17, 15) is 4.79 Å². The van der Waals surface area contributed by atoms with Crippen molar-refractivity contribution in [2.24, 2.45) is 16.1 Å². The molecule has 2 N–H and O–H groups in total. The Hall–Kier alpha value is -3.17. The van der Waals surface area contributed by atoms with Crippen LogP contribution in [0.25, 0.3) is 0 Å². The fourth-order valence-electron chi connectivity index (χ4n) is 4.38. The van der Waals surface area contributed by atoms with Crippen LogP contribution < -0.4 is 15.6 Å². The Morgan fingerprint density at radius 1 is 1.18 bits per heavy atom. The minimum absolute atomic E-state index is 0.158. The molecule has 184 valence electrons. The molecule has 1 saturated carbocycles. The summed E-state index contributed by atoms with van der Waals surface area (Å²) in [6.45, 7) is 7.09. The molecule has 10 nitrogen and oxygen atoms in total. The molecule has 1 aromatic heterocycles. The van der Waals surface area contributed by atoms with Gasteiger partial charge in [0.1, 0.15) is 12.4 Å². The first kappa shape index (κ1) is 24.0. The summed E-state index contributed by atoms with van der Waals surface area (Å²) in [7, 11) is 0. The molecule has 34 heavy (non-hydrogen) atoms. The number of piperidine rings is 1. The molecule has 3 aliphatic rings. The van der Waals surface area contributed by atoms with Crippen molar-refractivity contribution in [3.05, 3.63) is 29.7 Å². The zero-order chi connectivity index (χ0) is 23.8. The van der Waals surface area contributed by atoms with Gasteiger partial charge in [0.05, 0.1) is 12.3 Å². The normalized spacial score (nSPS) is 21.2. The highest BCUT2D eigenvalue weighted by Gasteiger charge is 2.25. The van der Waals surface area contributed by atoms with Crippen LogP contribution in [-0.4, -0.2) is 65.3 Å². The first-order valence-corrected chi connectivity index (χ1v) is 12.4. The molecule has 0 radical (unpaired) electrons. The Balaban J connectivity index is 1.15. The van der Waals surface area contributed by atoms with Gasteiger partial charge in [-0.25, -0.2) is 25.2 Å². The highest BCUT2D eigenvalue weighted by molar-refractivity contribution is 5.84. The van der Waals surface area contributed by atoms with E-state index in [1.165, 1.54) is 0 Å².